The van der Waals surface area contributed by atoms with Gasteiger partial charge in [-0.15, -0.1) is 0 Å². The molecule has 0 saturated carbocycles. The lowest BCUT2D eigenvalue weighted by Gasteiger charge is -2.23. The summed E-state index contributed by atoms with van der Waals surface area (Å²) in [5.74, 6) is -0.170. The SMILES string of the molecule is CNC(=O)c1cccc(NC(=O)[C@@H]2CCCCN2)c1C. The number of nitrogens with one attached hydrogen (secondary N) is 3. The molecule has 1 aromatic carbocycles. The maximum atomic E-state index is 12.2. The van der Waals surface area contributed by atoms with E-state index in [0.717, 1.165) is 31.4 Å². The Morgan fingerprint density at radius 2 is 2.10 bits per heavy atom. The van der Waals surface area contributed by atoms with Crippen LogP contribution in [0.3, 0.4) is 0 Å². The Morgan fingerprint density at radius 3 is 2.75 bits per heavy atom. The normalized spacial score (nSPS) is 18.4. The van der Waals surface area contributed by atoms with Crippen LogP contribution in [0, 0.1) is 6.92 Å². The average Bonchev–Trinajstić information content (AvgIpc) is 2.49. The van der Waals surface area contributed by atoms with E-state index in [0.29, 0.717) is 11.3 Å². The highest BCUT2D eigenvalue weighted by Crippen LogP contribution is 2.20. The Bertz CT molecular complexity index is 508. The maximum absolute atomic E-state index is 12.2. The van der Waals surface area contributed by atoms with Gasteiger partial charge in [-0.05, 0) is 44.0 Å². The second kappa shape index (κ2) is 6.52. The molecule has 20 heavy (non-hydrogen) atoms. The van der Waals surface area contributed by atoms with Crippen LogP contribution in [0.15, 0.2) is 18.2 Å². The van der Waals surface area contributed by atoms with E-state index < -0.39 is 0 Å². The largest absolute Gasteiger partial charge is 0.355 e. The number of hydrogen-bond donors (Lipinski definition) is 3. The molecule has 1 fully saturated rings. The number of benzene rings is 1. The van der Waals surface area contributed by atoms with E-state index in [4.69, 9.17) is 0 Å². The fraction of sp³-hybridized carbons (Fsp3) is 0.467. The molecule has 2 amide bonds. The number of carbonyl (C=O) groups is 2. The molecular weight excluding hydrogens is 254 g/mol. The zero-order chi connectivity index (χ0) is 14.5. The van der Waals surface area contributed by atoms with Gasteiger partial charge in [-0.25, -0.2) is 0 Å². The minimum atomic E-state index is -0.144. The van der Waals surface area contributed by atoms with Crippen LogP contribution in [0.25, 0.3) is 0 Å². The molecule has 1 aliphatic rings. The van der Waals surface area contributed by atoms with E-state index in [-0.39, 0.29) is 17.9 Å². The summed E-state index contributed by atoms with van der Waals surface area (Å²) >= 11 is 0. The van der Waals surface area contributed by atoms with Gasteiger partial charge in [0.25, 0.3) is 5.91 Å². The monoisotopic (exact) mass is 275 g/mol. The van der Waals surface area contributed by atoms with Crippen LogP contribution in [0.1, 0.15) is 35.2 Å². The maximum Gasteiger partial charge on any atom is 0.251 e. The first-order valence-electron chi connectivity index (χ1n) is 6.99. The lowest BCUT2D eigenvalue weighted by Crippen LogP contribution is -2.43. The van der Waals surface area contributed by atoms with Crippen LogP contribution in [0.2, 0.25) is 0 Å². The number of rotatable bonds is 3. The predicted molar refractivity (Wildman–Crippen MR) is 78.8 cm³/mol. The van der Waals surface area contributed by atoms with E-state index >= 15 is 0 Å². The molecule has 1 aromatic rings. The standard InChI is InChI=1S/C15H21N3O2/c1-10-11(14(19)16-2)6-5-8-12(10)18-15(20)13-7-3-4-9-17-13/h5-6,8,13,17H,3-4,7,9H2,1-2H3,(H,16,19)(H,18,20)/t13-/m0/s1. The molecule has 0 radical (unpaired) electrons. The minimum Gasteiger partial charge on any atom is -0.355 e. The van der Waals surface area contributed by atoms with Gasteiger partial charge in [0.2, 0.25) is 5.91 Å². The van der Waals surface area contributed by atoms with Crippen molar-refractivity contribution in [2.45, 2.75) is 32.2 Å². The second-order valence-electron chi connectivity index (χ2n) is 5.05. The van der Waals surface area contributed by atoms with Crippen LogP contribution in [-0.4, -0.2) is 31.4 Å². The summed E-state index contributed by atoms with van der Waals surface area (Å²) in [6.45, 7) is 2.73. The number of amides is 2. The summed E-state index contributed by atoms with van der Waals surface area (Å²) in [4.78, 5) is 23.9. The molecule has 0 unspecified atom stereocenters. The number of hydrogen-bond acceptors (Lipinski definition) is 3. The van der Waals surface area contributed by atoms with Gasteiger partial charge >= 0.3 is 0 Å². The Balaban J connectivity index is 2.12. The Hall–Kier alpha value is -1.88. The smallest absolute Gasteiger partial charge is 0.251 e. The second-order valence-corrected chi connectivity index (χ2v) is 5.05. The van der Waals surface area contributed by atoms with Gasteiger partial charge in [0.1, 0.15) is 0 Å². The Morgan fingerprint density at radius 1 is 1.30 bits per heavy atom. The highest BCUT2D eigenvalue weighted by molar-refractivity contribution is 6.00. The Kier molecular flexibility index (Phi) is 4.74. The summed E-state index contributed by atoms with van der Waals surface area (Å²) in [5, 5.41) is 8.74. The van der Waals surface area contributed by atoms with Crippen molar-refractivity contribution in [2.24, 2.45) is 0 Å². The van der Waals surface area contributed by atoms with E-state index in [1.807, 2.05) is 13.0 Å². The van der Waals surface area contributed by atoms with Crippen LogP contribution in [0.4, 0.5) is 5.69 Å². The zero-order valence-corrected chi connectivity index (χ0v) is 12.0. The van der Waals surface area contributed by atoms with E-state index in [1.54, 1.807) is 19.2 Å². The number of anilines is 1. The topological polar surface area (TPSA) is 70.2 Å². The molecule has 5 heteroatoms. The number of carbonyl (C=O) groups excluding carboxylic acids is 2. The summed E-state index contributed by atoms with van der Waals surface area (Å²) < 4.78 is 0. The fourth-order valence-corrected chi connectivity index (χ4v) is 2.45. The molecule has 5 nitrogen and oxygen atoms in total. The number of piperidine rings is 1. The first-order chi connectivity index (χ1) is 9.63. The van der Waals surface area contributed by atoms with Crippen molar-refractivity contribution in [3.05, 3.63) is 29.3 Å². The van der Waals surface area contributed by atoms with E-state index in [9.17, 15) is 9.59 Å². The molecule has 2 rings (SSSR count). The van der Waals surface area contributed by atoms with Gasteiger partial charge in [0.15, 0.2) is 0 Å². The molecule has 3 N–H and O–H groups in total. The van der Waals surface area contributed by atoms with Gasteiger partial charge in [-0.2, -0.15) is 0 Å². The lowest BCUT2D eigenvalue weighted by molar-refractivity contribution is -0.118. The molecular formula is C15H21N3O2. The summed E-state index contributed by atoms with van der Waals surface area (Å²) in [6, 6.07) is 5.22. The molecule has 1 saturated heterocycles. The lowest BCUT2D eigenvalue weighted by atomic mass is 10.0. The zero-order valence-electron chi connectivity index (χ0n) is 12.0. The molecule has 0 aromatic heterocycles. The third-order valence-electron chi connectivity index (χ3n) is 3.69. The quantitative estimate of drug-likeness (QED) is 0.781. The van der Waals surface area contributed by atoms with Crippen LogP contribution in [-0.2, 0) is 4.79 Å². The van der Waals surface area contributed by atoms with Crippen molar-refractivity contribution in [1.29, 1.82) is 0 Å². The molecule has 1 aliphatic heterocycles. The van der Waals surface area contributed by atoms with Gasteiger partial charge in [-0.1, -0.05) is 12.5 Å². The van der Waals surface area contributed by atoms with Crippen molar-refractivity contribution < 1.29 is 9.59 Å². The van der Waals surface area contributed by atoms with Crippen molar-refractivity contribution in [1.82, 2.24) is 10.6 Å². The van der Waals surface area contributed by atoms with Crippen molar-refractivity contribution in [3.63, 3.8) is 0 Å². The molecule has 0 bridgehead atoms. The van der Waals surface area contributed by atoms with Crippen molar-refractivity contribution >= 4 is 17.5 Å². The third-order valence-corrected chi connectivity index (χ3v) is 3.69. The third kappa shape index (κ3) is 3.17. The first kappa shape index (κ1) is 14.5. The van der Waals surface area contributed by atoms with Crippen molar-refractivity contribution in [2.75, 3.05) is 18.9 Å². The molecule has 0 aliphatic carbocycles. The predicted octanol–water partition coefficient (Wildman–Crippen LogP) is 1.44. The summed E-state index contributed by atoms with van der Waals surface area (Å²) in [5.41, 5.74) is 2.07. The van der Waals surface area contributed by atoms with Gasteiger partial charge in [0.05, 0.1) is 6.04 Å². The average molecular weight is 275 g/mol. The molecule has 0 spiro atoms. The summed E-state index contributed by atoms with van der Waals surface area (Å²) in [7, 11) is 1.60. The minimum absolute atomic E-state index is 0.0261. The van der Waals surface area contributed by atoms with Crippen LogP contribution < -0.4 is 16.0 Å². The molecule has 1 atom stereocenters. The van der Waals surface area contributed by atoms with Crippen LogP contribution in [0.5, 0.6) is 0 Å². The van der Waals surface area contributed by atoms with Crippen LogP contribution >= 0.6 is 0 Å². The highest BCUT2D eigenvalue weighted by Gasteiger charge is 2.21. The van der Waals surface area contributed by atoms with E-state index in [1.165, 1.54) is 0 Å². The van der Waals surface area contributed by atoms with Gasteiger partial charge in [-0.3, -0.25) is 9.59 Å². The first-order valence-corrected chi connectivity index (χ1v) is 6.99. The fourth-order valence-electron chi connectivity index (χ4n) is 2.45. The highest BCUT2D eigenvalue weighted by atomic mass is 16.2. The van der Waals surface area contributed by atoms with E-state index in [2.05, 4.69) is 16.0 Å². The Labute approximate surface area is 119 Å². The van der Waals surface area contributed by atoms with Crippen molar-refractivity contribution in [3.8, 4) is 0 Å². The molecule has 108 valence electrons. The van der Waals surface area contributed by atoms with Gasteiger partial charge < -0.3 is 16.0 Å². The summed E-state index contributed by atoms with van der Waals surface area (Å²) in [6.07, 6.45) is 3.05. The van der Waals surface area contributed by atoms with Gasteiger partial charge in [0, 0.05) is 18.3 Å². The molecule has 1 heterocycles.